The molecule has 1 nitrogen and oxygen atoms in total. The molecule has 0 aromatic heterocycles. The number of hydrogen-bond acceptors (Lipinski definition) is 1. The molecule has 0 aliphatic rings. The molecule has 0 saturated heterocycles. The molecule has 0 unspecified atom stereocenters. The smallest absolute Gasteiger partial charge is 0.0387 e. The van der Waals surface area contributed by atoms with Gasteiger partial charge in [-0.3, -0.25) is 0 Å². The molecule has 0 atom stereocenters. The molecular weight excluding hydrogens is 194 g/mol. The Labute approximate surface area is 98.7 Å². The minimum atomic E-state index is 0.830. The molecule has 0 saturated carbocycles. The molecular formula is C15H21N. The van der Waals surface area contributed by atoms with Crippen LogP contribution in [-0.4, -0.2) is 0 Å². The van der Waals surface area contributed by atoms with Crippen molar-refractivity contribution in [3.05, 3.63) is 53.6 Å². The fourth-order valence-corrected chi connectivity index (χ4v) is 1.50. The fourth-order valence-electron chi connectivity index (χ4n) is 1.50. The zero-order valence-corrected chi connectivity index (χ0v) is 10.2. The monoisotopic (exact) mass is 215 g/mol. The molecule has 0 spiro atoms. The summed E-state index contributed by atoms with van der Waals surface area (Å²) in [5.41, 5.74) is 9.29. The summed E-state index contributed by atoms with van der Waals surface area (Å²) in [6.45, 7) is 4.37. The van der Waals surface area contributed by atoms with E-state index >= 15 is 0 Å². The third-order valence-corrected chi connectivity index (χ3v) is 2.58. The lowest BCUT2D eigenvalue weighted by Gasteiger charge is -2.00. The van der Waals surface area contributed by atoms with Gasteiger partial charge >= 0.3 is 0 Å². The Bertz CT molecular complexity index is 360. The van der Waals surface area contributed by atoms with Gasteiger partial charge in [0.1, 0.15) is 0 Å². The Morgan fingerprint density at radius 2 is 1.88 bits per heavy atom. The number of allylic oxidation sites excluding steroid dienone is 3. The molecule has 0 amide bonds. The van der Waals surface area contributed by atoms with Crippen LogP contribution in [0.3, 0.4) is 0 Å². The van der Waals surface area contributed by atoms with E-state index in [1.54, 1.807) is 0 Å². The van der Waals surface area contributed by atoms with Gasteiger partial charge in [0.2, 0.25) is 0 Å². The summed E-state index contributed by atoms with van der Waals surface area (Å²) in [5.74, 6) is 0. The highest BCUT2D eigenvalue weighted by Crippen LogP contribution is 2.10. The summed E-state index contributed by atoms with van der Waals surface area (Å²) in [6, 6.07) is 10.1. The van der Waals surface area contributed by atoms with Crippen molar-refractivity contribution in [2.45, 2.75) is 33.1 Å². The quantitative estimate of drug-likeness (QED) is 0.734. The third-order valence-electron chi connectivity index (χ3n) is 2.58. The minimum absolute atomic E-state index is 0.830. The first kappa shape index (κ1) is 12.6. The summed E-state index contributed by atoms with van der Waals surface area (Å²) in [5, 5.41) is 0. The van der Waals surface area contributed by atoms with Gasteiger partial charge < -0.3 is 5.73 Å². The van der Waals surface area contributed by atoms with Gasteiger partial charge in [-0.25, -0.2) is 0 Å². The first-order valence-electron chi connectivity index (χ1n) is 5.92. The average Bonchev–Trinajstić information content (AvgIpc) is 2.34. The van der Waals surface area contributed by atoms with Crippen molar-refractivity contribution >= 4 is 5.70 Å². The van der Waals surface area contributed by atoms with Crippen LogP contribution < -0.4 is 5.73 Å². The maximum absolute atomic E-state index is 5.99. The van der Waals surface area contributed by atoms with Crippen LogP contribution in [-0.2, 0) is 0 Å². The molecule has 1 rings (SSSR count). The summed E-state index contributed by atoms with van der Waals surface area (Å²) in [6.07, 6.45) is 7.78. The van der Waals surface area contributed by atoms with Crippen molar-refractivity contribution in [2.24, 2.45) is 5.73 Å². The molecule has 1 aromatic rings. The van der Waals surface area contributed by atoms with Crippen LogP contribution in [0.1, 0.15) is 38.7 Å². The highest BCUT2D eigenvalue weighted by atomic mass is 14.6. The second kappa shape index (κ2) is 6.89. The van der Waals surface area contributed by atoms with E-state index in [0.29, 0.717) is 0 Å². The van der Waals surface area contributed by atoms with Crippen LogP contribution in [0.2, 0.25) is 0 Å². The van der Waals surface area contributed by atoms with Crippen LogP contribution in [0.25, 0.3) is 5.70 Å². The lowest BCUT2D eigenvalue weighted by atomic mass is 10.1. The second-order valence-electron chi connectivity index (χ2n) is 4.10. The predicted molar refractivity (Wildman–Crippen MR) is 71.9 cm³/mol. The van der Waals surface area contributed by atoms with E-state index < -0.39 is 0 Å². The van der Waals surface area contributed by atoms with Crippen molar-refractivity contribution < 1.29 is 0 Å². The first-order valence-corrected chi connectivity index (χ1v) is 5.92. The number of unbranched alkanes of at least 4 members (excludes halogenated alkanes) is 1. The van der Waals surface area contributed by atoms with Crippen molar-refractivity contribution in [3.63, 3.8) is 0 Å². The van der Waals surface area contributed by atoms with E-state index in [9.17, 15) is 0 Å². The fraction of sp³-hybridized carbons (Fsp3) is 0.333. The van der Waals surface area contributed by atoms with Gasteiger partial charge in [0.25, 0.3) is 0 Å². The van der Waals surface area contributed by atoms with Gasteiger partial charge in [0.15, 0.2) is 0 Å². The van der Waals surface area contributed by atoms with Crippen LogP contribution in [0.5, 0.6) is 0 Å². The molecule has 0 bridgehead atoms. The topological polar surface area (TPSA) is 26.0 Å². The van der Waals surface area contributed by atoms with E-state index in [2.05, 4.69) is 19.9 Å². The molecule has 0 radical (unpaired) electrons. The first-order chi connectivity index (χ1) is 7.74. The van der Waals surface area contributed by atoms with E-state index in [4.69, 9.17) is 5.73 Å². The standard InChI is InChI=1S/C15H21N/c1-3-4-8-13(2)11-12-15(16)14-9-6-5-7-10-14/h5-7,9-12H,3-4,8,16H2,1-2H3/b13-11-,15-12-. The van der Waals surface area contributed by atoms with Crippen LogP contribution >= 0.6 is 0 Å². The van der Waals surface area contributed by atoms with Crippen molar-refractivity contribution in [1.82, 2.24) is 0 Å². The Morgan fingerprint density at radius 1 is 1.19 bits per heavy atom. The molecule has 0 heterocycles. The zero-order valence-electron chi connectivity index (χ0n) is 10.2. The van der Waals surface area contributed by atoms with Gasteiger partial charge in [0, 0.05) is 5.70 Å². The summed E-state index contributed by atoms with van der Waals surface area (Å²) in [7, 11) is 0. The molecule has 1 aromatic carbocycles. The third kappa shape index (κ3) is 4.35. The largest absolute Gasteiger partial charge is 0.398 e. The summed E-state index contributed by atoms with van der Waals surface area (Å²) >= 11 is 0. The molecule has 1 heteroatoms. The average molecular weight is 215 g/mol. The number of hydrogen-bond donors (Lipinski definition) is 1. The highest BCUT2D eigenvalue weighted by Gasteiger charge is 1.93. The van der Waals surface area contributed by atoms with Crippen molar-refractivity contribution in [2.75, 3.05) is 0 Å². The highest BCUT2D eigenvalue weighted by molar-refractivity contribution is 5.63. The minimum Gasteiger partial charge on any atom is -0.398 e. The molecule has 16 heavy (non-hydrogen) atoms. The Balaban J connectivity index is 2.64. The maximum Gasteiger partial charge on any atom is 0.0387 e. The van der Waals surface area contributed by atoms with Gasteiger partial charge in [-0.1, -0.05) is 55.3 Å². The lowest BCUT2D eigenvalue weighted by molar-refractivity contribution is 0.787. The van der Waals surface area contributed by atoms with Crippen LogP contribution in [0.15, 0.2) is 48.1 Å². The van der Waals surface area contributed by atoms with Gasteiger partial charge in [0.05, 0.1) is 0 Å². The Hall–Kier alpha value is -1.50. The lowest BCUT2D eigenvalue weighted by Crippen LogP contribution is -1.94. The van der Waals surface area contributed by atoms with Gasteiger partial charge in [-0.15, -0.1) is 0 Å². The number of benzene rings is 1. The predicted octanol–water partition coefficient (Wildman–Crippen LogP) is 4.12. The Kier molecular flexibility index (Phi) is 5.41. The molecule has 0 fully saturated rings. The molecule has 0 aliphatic heterocycles. The van der Waals surface area contributed by atoms with E-state index in [-0.39, 0.29) is 0 Å². The van der Waals surface area contributed by atoms with Gasteiger partial charge in [-0.2, -0.15) is 0 Å². The summed E-state index contributed by atoms with van der Waals surface area (Å²) in [4.78, 5) is 0. The SMILES string of the molecule is CCCC/C(C)=C\C=C(/N)c1ccccc1. The maximum atomic E-state index is 5.99. The second-order valence-corrected chi connectivity index (χ2v) is 4.10. The van der Waals surface area contributed by atoms with E-state index in [1.165, 1.54) is 18.4 Å². The van der Waals surface area contributed by atoms with Gasteiger partial charge in [-0.05, 0) is 31.4 Å². The van der Waals surface area contributed by atoms with Crippen LogP contribution in [0, 0.1) is 0 Å². The van der Waals surface area contributed by atoms with Crippen molar-refractivity contribution in [3.8, 4) is 0 Å². The molecule has 86 valence electrons. The molecule has 2 N–H and O–H groups in total. The van der Waals surface area contributed by atoms with Crippen LogP contribution in [0.4, 0.5) is 0 Å². The number of nitrogens with two attached hydrogens (primary N) is 1. The zero-order chi connectivity index (χ0) is 11.8. The van der Waals surface area contributed by atoms with E-state index in [1.807, 2.05) is 36.4 Å². The summed E-state index contributed by atoms with van der Waals surface area (Å²) < 4.78 is 0. The van der Waals surface area contributed by atoms with Crippen molar-refractivity contribution in [1.29, 1.82) is 0 Å². The normalized spacial score (nSPS) is 12.9. The molecule has 0 aliphatic carbocycles. The van der Waals surface area contributed by atoms with E-state index in [0.717, 1.165) is 17.7 Å². The Morgan fingerprint density at radius 3 is 2.50 bits per heavy atom. The number of rotatable bonds is 5.